The first kappa shape index (κ1) is 14.6. The Morgan fingerprint density at radius 3 is 2.61 bits per heavy atom. The molecule has 0 aliphatic heterocycles. The van der Waals surface area contributed by atoms with E-state index < -0.39 is 5.82 Å². The number of halogens is 1. The van der Waals surface area contributed by atoms with Gasteiger partial charge in [0.05, 0.1) is 18.0 Å². The summed E-state index contributed by atoms with van der Waals surface area (Å²) in [6, 6.07) is 3.36. The van der Waals surface area contributed by atoms with Crippen molar-refractivity contribution < 1.29 is 9.13 Å². The maximum Gasteiger partial charge on any atom is 0.167 e. The van der Waals surface area contributed by atoms with E-state index in [4.69, 9.17) is 10.5 Å². The fourth-order valence-corrected chi connectivity index (χ4v) is 1.70. The van der Waals surface area contributed by atoms with Crippen LogP contribution in [0.5, 0.6) is 5.75 Å². The third kappa shape index (κ3) is 3.28. The van der Waals surface area contributed by atoms with Gasteiger partial charge in [-0.2, -0.15) is 0 Å². The fourth-order valence-electron chi connectivity index (χ4n) is 1.70. The van der Waals surface area contributed by atoms with Gasteiger partial charge in [-0.05, 0) is 19.8 Å². The molecule has 0 heterocycles. The minimum Gasteiger partial charge on any atom is -0.490 e. The molecular weight excluding hydrogens is 231 g/mol. The number of anilines is 2. The molecule has 0 saturated carbocycles. The molecule has 3 nitrogen and oxygen atoms in total. The maximum atomic E-state index is 13.7. The summed E-state index contributed by atoms with van der Waals surface area (Å²) in [5.74, 6) is -0.126. The van der Waals surface area contributed by atoms with E-state index in [0.717, 1.165) is 18.5 Å². The summed E-state index contributed by atoms with van der Waals surface area (Å²) >= 11 is 0. The van der Waals surface area contributed by atoms with E-state index in [1.807, 2.05) is 18.9 Å². The molecule has 0 fully saturated rings. The molecule has 0 aromatic heterocycles. The first-order valence-corrected chi connectivity index (χ1v) is 6.45. The number of nitrogens with zero attached hydrogens (tertiary/aromatic N) is 1. The Hall–Kier alpha value is -1.45. The van der Waals surface area contributed by atoms with Crippen molar-refractivity contribution in [3.05, 3.63) is 17.9 Å². The molecule has 0 amide bonds. The molecule has 0 aliphatic rings. The molecule has 1 atom stereocenters. The summed E-state index contributed by atoms with van der Waals surface area (Å²) < 4.78 is 19.1. The van der Waals surface area contributed by atoms with E-state index in [1.54, 1.807) is 6.07 Å². The van der Waals surface area contributed by atoms with Crippen molar-refractivity contribution in [2.24, 2.45) is 0 Å². The van der Waals surface area contributed by atoms with Gasteiger partial charge >= 0.3 is 0 Å². The molecule has 102 valence electrons. The normalized spacial score (nSPS) is 12.3. The van der Waals surface area contributed by atoms with Crippen LogP contribution in [0.2, 0.25) is 0 Å². The average molecular weight is 254 g/mol. The number of ether oxygens (including phenoxy) is 1. The van der Waals surface area contributed by atoms with Gasteiger partial charge in [-0.25, -0.2) is 4.39 Å². The molecule has 0 aliphatic carbocycles. The van der Waals surface area contributed by atoms with E-state index in [9.17, 15) is 4.39 Å². The highest BCUT2D eigenvalue weighted by Gasteiger charge is 2.15. The molecule has 2 N–H and O–H groups in total. The molecule has 1 aromatic carbocycles. The van der Waals surface area contributed by atoms with Crippen LogP contribution < -0.4 is 15.4 Å². The Morgan fingerprint density at radius 2 is 2.06 bits per heavy atom. The Bertz CT molecular complexity index is 396. The van der Waals surface area contributed by atoms with Gasteiger partial charge in [0.15, 0.2) is 11.6 Å². The fraction of sp³-hybridized carbons (Fsp3) is 0.571. The van der Waals surface area contributed by atoms with E-state index in [2.05, 4.69) is 13.8 Å². The van der Waals surface area contributed by atoms with E-state index in [0.29, 0.717) is 18.3 Å². The molecule has 0 saturated heterocycles. The molecule has 4 heteroatoms. The number of nitrogens with two attached hydrogens (primary N) is 1. The first-order valence-electron chi connectivity index (χ1n) is 6.45. The SMILES string of the molecule is CCCOc1cc(N(C)C(C)CC)c(N)cc1F. The number of hydrogen-bond acceptors (Lipinski definition) is 3. The van der Waals surface area contributed by atoms with Gasteiger partial charge in [0.25, 0.3) is 0 Å². The van der Waals surface area contributed by atoms with Crippen LogP contribution in [0.15, 0.2) is 12.1 Å². The molecule has 1 aromatic rings. The molecule has 0 spiro atoms. The zero-order valence-electron chi connectivity index (χ0n) is 11.7. The van der Waals surface area contributed by atoms with Gasteiger partial charge in [-0.15, -0.1) is 0 Å². The van der Waals surface area contributed by atoms with Crippen LogP contribution in [0.1, 0.15) is 33.6 Å². The Balaban J connectivity index is 3.04. The van der Waals surface area contributed by atoms with Gasteiger partial charge in [0.2, 0.25) is 0 Å². The Labute approximate surface area is 109 Å². The molecule has 1 unspecified atom stereocenters. The highest BCUT2D eigenvalue weighted by molar-refractivity contribution is 5.70. The molecule has 0 radical (unpaired) electrons. The molecular formula is C14H23FN2O. The quantitative estimate of drug-likeness (QED) is 0.790. The smallest absolute Gasteiger partial charge is 0.167 e. The number of hydrogen-bond donors (Lipinski definition) is 1. The monoisotopic (exact) mass is 254 g/mol. The Kier molecular flexibility index (Phi) is 5.25. The predicted octanol–water partition coefficient (Wildman–Crippen LogP) is 3.43. The van der Waals surface area contributed by atoms with Crippen LogP contribution in [-0.4, -0.2) is 19.7 Å². The van der Waals surface area contributed by atoms with Crippen LogP contribution in [0.25, 0.3) is 0 Å². The van der Waals surface area contributed by atoms with E-state index in [-0.39, 0.29) is 5.75 Å². The highest BCUT2D eigenvalue weighted by Crippen LogP contribution is 2.31. The van der Waals surface area contributed by atoms with Crippen molar-refractivity contribution in [1.29, 1.82) is 0 Å². The van der Waals surface area contributed by atoms with Crippen molar-refractivity contribution in [2.45, 2.75) is 39.7 Å². The average Bonchev–Trinajstić information content (AvgIpc) is 2.36. The molecule has 18 heavy (non-hydrogen) atoms. The lowest BCUT2D eigenvalue weighted by atomic mass is 10.1. The van der Waals surface area contributed by atoms with E-state index in [1.165, 1.54) is 6.07 Å². The van der Waals surface area contributed by atoms with Crippen molar-refractivity contribution in [2.75, 3.05) is 24.3 Å². The second-order valence-electron chi connectivity index (χ2n) is 4.56. The van der Waals surface area contributed by atoms with Crippen molar-refractivity contribution in [3.63, 3.8) is 0 Å². The van der Waals surface area contributed by atoms with Crippen LogP contribution in [0, 0.1) is 5.82 Å². The lowest BCUT2D eigenvalue weighted by Gasteiger charge is -2.27. The largest absolute Gasteiger partial charge is 0.490 e. The van der Waals surface area contributed by atoms with Crippen molar-refractivity contribution in [3.8, 4) is 5.75 Å². The van der Waals surface area contributed by atoms with Crippen LogP contribution in [0.4, 0.5) is 15.8 Å². The van der Waals surface area contributed by atoms with Gasteiger partial charge < -0.3 is 15.4 Å². The highest BCUT2D eigenvalue weighted by atomic mass is 19.1. The molecule has 0 bridgehead atoms. The summed E-state index contributed by atoms with van der Waals surface area (Å²) in [5.41, 5.74) is 7.14. The third-order valence-electron chi connectivity index (χ3n) is 3.17. The van der Waals surface area contributed by atoms with Gasteiger partial charge in [-0.1, -0.05) is 13.8 Å². The number of rotatable bonds is 6. The lowest BCUT2D eigenvalue weighted by Crippen LogP contribution is -2.28. The van der Waals surface area contributed by atoms with Gasteiger partial charge in [-0.3, -0.25) is 0 Å². The Morgan fingerprint density at radius 1 is 1.39 bits per heavy atom. The minimum atomic E-state index is -0.401. The second kappa shape index (κ2) is 6.47. The molecule has 1 rings (SSSR count). The zero-order chi connectivity index (χ0) is 13.7. The van der Waals surface area contributed by atoms with Gasteiger partial charge in [0.1, 0.15) is 0 Å². The summed E-state index contributed by atoms with van der Waals surface area (Å²) in [5, 5.41) is 0. The summed E-state index contributed by atoms with van der Waals surface area (Å²) in [6.07, 6.45) is 1.85. The first-order chi connectivity index (χ1) is 8.51. The van der Waals surface area contributed by atoms with Crippen molar-refractivity contribution >= 4 is 11.4 Å². The predicted molar refractivity (Wildman–Crippen MR) is 74.8 cm³/mol. The van der Waals surface area contributed by atoms with Crippen LogP contribution >= 0.6 is 0 Å². The summed E-state index contributed by atoms with van der Waals surface area (Å²) in [6.45, 7) is 6.71. The number of nitrogen functional groups attached to an aromatic ring is 1. The third-order valence-corrected chi connectivity index (χ3v) is 3.17. The van der Waals surface area contributed by atoms with Gasteiger partial charge in [0, 0.05) is 25.2 Å². The lowest BCUT2D eigenvalue weighted by molar-refractivity contribution is 0.301. The number of benzene rings is 1. The van der Waals surface area contributed by atoms with Crippen molar-refractivity contribution in [1.82, 2.24) is 0 Å². The standard InChI is InChI=1S/C14H23FN2O/c1-5-7-18-14-9-13(12(16)8-11(14)15)17(4)10(3)6-2/h8-10H,5-7,16H2,1-4H3. The van der Waals surface area contributed by atoms with Crippen LogP contribution in [0.3, 0.4) is 0 Å². The summed E-state index contributed by atoms with van der Waals surface area (Å²) in [4.78, 5) is 2.05. The second-order valence-corrected chi connectivity index (χ2v) is 4.56. The maximum absolute atomic E-state index is 13.7. The summed E-state index contributed by atoms with van der Waals surface area (Å²) in [7, 11) is 1.96. The van der Waals surface area contributed by atoms with E-state index >= 15 is 0 Å². The minimum absolute atomic E-state index is 0.274. The van der Waals surface area contributed by atoms with Crippen LogP contribution in [-0.2, 0) is 0 Å². The topological polar surface area (TPSA) is 38.5 Å². The zero-order valence-corrected chi connectivity index (χ0v) is 11.7.